The number of hydrogen-bond donors (Lipinski definition) is 0. The molecule has 1 amide bonds. The predicted molar refractivity (Wildman–Crippen MR) is 99.9 cm³/mol. The van der Waals surface area contributed by atoms with E-state index in [1.807, 2.05) is 6.07 Å². The molecule has 3 rings (SSSR count). The van der Waals surface area contributed by atoms with Crippen molar-refractivity contribution >= 4 is 17.4 Å². The van der Waals surface area contributed by atoms with Gasteiger partial charge in [-0.15, -0.1) is 0 Å². The number of carbonyl (C=O) groups excluding carboxylic acids is 2. The highest BCUT2D eigenvalue weighted by Gasteiger charge is 2.22. The Labute approximate surface area is 153 Å². The highest BCUT2D eigenvalue weighted by Crippen LogP contribution is 2.18. The zero-order valence-corrected chi connectivity index (χ0v) is 15.0. The van der Waals surface area contributed by atoms with E-state index in [1.165, 1.54) is 23.4 Å². The summed E-state index contributed by atoms with van der Waals surface area (Å²) in [6.07, 6.45) is 0.162. The molecule has 1 saturated heterocycles. The summed E-state index contributed by atoms with van der Waals surface area (Å²) >= 11 is 0. The summed E-state index contributed by atoms with van der Waals surface area (Å²) in [7, 11) is 0. The van der Waals surface area contributed by atoms with E-state index >= 15 is 0 Å². The number of Topliss-reactive ketones (excluding diaryl/α,β-unsaturated/α-hetero) is 1. The van der Waals surface area contributed by atoms with Crippen LogP contribution < -0.4 is 4.90 Å². The number of halogens is 1. The zero-order valence-electron chi connectivity index (χ0n) is 15.0. The van der Waals surface area contributed by atoms with Crippen LogP contribution in [0, 0.1) is 12.7 Å². The average molecular weight is 354 g/mol. The number of ketones is 1. The first-order chi connectivity index (χ1) is 12.5. The number of anilines is 1. The lowest BCUT2D eigenvalue weighted by Crippen LogP contribution is -2.48. The van der Waals surface area contributed by atoms with E-state index in [0.717, 1.165) is 13.1 Å². The molecule has 5 heteroatoms. The molecule has 1 aliphatic heterocycles. The molecule has 0 N–H and O–H groups in total. The van der Waals surface area contributed by atoms with Crippen molar-refractivity contribution in [1.82, 2.24) is 4.90 Å². The first kappa shape index (κ1) is 18.1. The van der Waals surface area contributed by atoms with E-state index < -0.39 is 5.82 Å². The minimum Gasteiger partial charge on any atom is -0.368 e. The third-order valence-electron chi connectivity index (χ3n) is 4.74. The number of benzene rings is 2. The van der Waals surface area contributed by atoms with Crippen LogP contribution in [0.15, 0.2) is 48.5 Å². The number of piperazine rings is 1. The molecule has 0 aliphatic carbocycles. The second-order valence-corrected chi connectivity index (χ2v) is 6.61. The monoisotopic (exact) mass is 354 g/mol. The molecule has 2 aromatic rings. The normalized spacial score (nSPS) is 14.4. The molecule has 4 nitrogen and oxygen atoms in total. The predicted octanol–water partition coefficient (Wildman–Crippen LogP) is 3.45. The molecular weight excluding hydrogens is 331 g/mol. The van der Waals surface area contributed by atoms with Crippen molar-refractivity contribution in [2.45, 2.75) is 19.8 Å². The molecule has 1 fully saturated rings. The lowest BCUT2D eigenvalue weighted by molar-refractivity contribution is -0.131. The van der Waals surface area contributed by atoms with Gasteiger partial charge in [0.1, 0.15) is 5.82 Å². The van der Waals surface area contributed by atoms with Crippen molar-refractivity contribution in [3.63, 3.8) is 0 Å². The first-order valence-corrected chi connectivity index (χ1v) is 8.92. The molecule has 136 valence electrons. The van der Waals surface area contributed by atoms with Gasteiger partial charge in [-0.1, -0.05) is 24.3 Å². The average Bonchev–Trinajstić information content (AvgIpc) is 2.66. The third kappa shape index (κ3) is 4.28. The standard InChI is InChI=1S/C21H23FN2O2/c1-16-5-4-6-17(15-16)23-11-13-24(14-12-23)21(26)10-9-20(25)18-7-2-3-8-19(18)22/h2-8,15H,9-14H2,1H3. The number of hydrogen-bond acceptors (Lipinski definition) is 3. The van der Waals surface area contributed by atoms with E-state index in [4.69, 9.17) is 0 Å². The summed E-state index contributed by atoms with van der Waals surface area (Å²) in [6, 6.07) is 14.2. The van der Waals surface area contributed by atoms with Crippen LogP contribution in [0.3, 0.4) is 0 Å². The van der Waals surface area contributed by atoms with Gasteiger partial charge in [0, 0.05) is 44.7 Å². The Morgan fingerprint density at radius 3 is 2.38 bits per heavy atom. The van der Waals surface area contributed by atoms with Crippen LogP contribution in [0.2, 0.25) is 0 Å². The number of carbonyl (C=O) groups is 2. The van der Waals surface area contributed by atoms with E-state index in [9.17, 15) is 14.0 Å². The Morgan fingerprint density at radius 1 is 0.962 bits per heavy atom. The fourth-order valence-electron chi connectivity index (χ4n) is 3.24. The van der Waals surface area contributed by atoms with E-state index in [-0.39, 0.29) is 30.1 Å². The van der Waals surface area contributed by atoms with Gasteiger partial charge in [-0.2, -0.15) is 0 Å². The van der Waals surface area contributed by atoms with E-state index in [2.05, 4.69) is 30.0 Å². The second kappa shape index (κ2) is 8.13. The summed E-state index contributed by atoms with van der Waals surface area (Å²) < 4.78 is 13.6. The molecule has 26 heavy (non-hydrogen) atoms. The van der Waals surface area contributed by atoms with Crippen molar-refractivity contribution in [3.8, 4) is 0 Å². The number of rotatable bonds is 5. The largest absolute Gasteiger partial charge is 0.368 e. The molecule has 0 saturated carbocycles. The number of amides is 1. The summed E-state index contributed by atoms with van der Waals surface area (Å²) in [4.78, 5) is 28.5. The summed E-state index contributed by atoms with van der Waals surface area (Å²) in [5, 5.41) is 0. The molecular formula is C21H23FN2O2. The van der Waals surface area contributed by atoms with E-state index in [0.29, 0.717) is 13.1 Å². The van der Waals surface area contributed by atoms with Crippen LogP contribution in [-0.4, -0.2) is 42.8 Å². The molecule has 0 unspecified atom stereocenters. The summed E-state index contributed by atoms with van der Waals surface area (Å²) in [5.41, 5.74) is 2.45. The molecule has 1 heterocycles. The maximum absolute atomic E-state index is 13.6. The lowest BCUT2D eigenvalue weighted by atomic mass is 10.1. The smallest absolute Gasteiger partial charge is 0.223 e. The van der Waals surface area contributed by atoms with Gasteiger partial charge in [0.25, 0.3) is 0 Å². The Kier molecular flexibility index (Phi) is 5.66. The SMILES string of the molecule is Cc1cccc(N2CCN(C(=O)CCC(=O)c3ccccc3F)CC2)c1. The van der Waals surface area contributed by atoms with Crippen molar-refractivity contribution < 1.29 is 14.0 Å². The maximum Gasteiger partial charge on any atom is 0.223 e. The minimum absolute atomic E-state index is 0.0395. The van der Waals surface area contributed by atoms with Crippen LogP contribution in [0.1, 0.15) is 28.8 Å². The van der Waals surface area contributed by atoms with Gasteiger partial charge in [0.05, 0.1) is 5.56 Å². The van der Waals surface area contributed by atoms with E-state index in [1.54, 1.807) is 17.0 Å². The zero-order chi connectivity index (χ0) is 18.5. The van der Waals surface area contributed by atoms with Gasteiger partial charge in [-0.25, -0.2) is 4.39 Å². The molecule has 1 aliphatic rings. The van der Waals surface area contributed by atoms with Crippen molar-refractivity contribution in [2.75, 3.05) is 31.1 Å². The Bertz CT molecular complexity index is 798. The van der Waals surface area contributed by atoms with Crippen molar-refractivity contribution in [2.24, 2.45) is 0 Å². The van der Waals surface area contributed by atoms with Crippen LogP contribution in [0.4, 0.5) is 10.1 Å². The van der Waals surface area contributed by atoms with Gasteiger partial charge in [0.2, 0.25) is 5.91 Å². The number of nitrogens with zero attached hydrogens (tertiary/aromatic N) is 2. The summed E-state index contributed by atoms with van der Waals surface area (Å²) in [6.45, 7) is 4.89. The van der Waals surface area contributed by atoms with Gasteiger partial charge >= 0.3 is 0 Å². The van der Waals surface area contributed by atoms with Crippen LogP contribution in [0.25, 0.3) is 0 Å². The van der Waals surface area contributed by atoms with Crippen LogP contribution in [0.5, 0.6) is 0 Å². The molecule has 0 aromatic heterocycles. The van der Waals surface area contributed by atoms with Gasteiger partial charge in [-0.3, -0.25) is 9.59 Å². The highest BCUT2D eigenvalue weighted by molar-refractivity contribution is 5.98. The Hall–Kier alpha value is -2.69. The molecule has 0 bridgehead atoms. The second-order valence-electron chi connectivity index (χ2n) is 6.61. The quantitative estimate of drug-likeness (QED) is 0.772. The molecule has 0 spiro atoms. The van der Waals surface area contributed by atoms with Gasteiger partial charge in [0.15, 0.2) is 5.78 Å². The third-order valence-corrected chi connectivity index (χ3v) is 4.74. The Morgan fingerprint density at radius 2 is 1.69 bits per heavy atom. The topological polar surface area (TPSA) is 40.6 Å². The minimum atomic E-state index is -0.531. The van der Waals surface area contributed by atoms with Crippen LogP contribution >= 0.6 is 0 Å². The first-order valence-electron chi connectivity index (χ1n) is 8.92. The highest BCUT2D eigenvalue weighted by atomic mass is 19.1. The molecule has 0 radical (unpaired) electrons. The van der Waals surface area contributed by atoms with Gasteiger partial charge in [-0.05, 0) is 36.8 Å². The summed E-state index contributed by atoms with van der Waals surface area (Å²) in [5.74, 6) is -0.898. The molecule has 0 atom stereocenters. The van der Waals surface area contributed by atoms with Crippen molar-refractivity contribution in [1.29, 1.82) is 0 Å². The lowest BCUT2D eigenvalue weighted by Gasteiger charge is -2.36. The Balaban J connectivity index is 1.49. The number of aryl methyl sites for hydroxylation is 1. The fraction of sp³-hybridized carbons (Fsp3) is 0.333. The maximum atomic E-state index is 13.6. The molecule has 2 aromatic carbocycles. The van der Waals surface area contributed by atoms with Crippen LogP contribution in [-0.2, 0) is 4.79 Å². The van der Waals surface area contributed by atoms with Gasteiger partial charge < -0.3 is 9.80 Å². The fourth-order valence-corrected chi connectivity index (χ4v) is 3.24. The van der Waals surface area contributed by atoms with Crippen molar-refractivity contribution in [3.05, 3.63) is 65.5 Å².